The zero-order chi connectivity index (χ0) is 18.3. The minimum Gasteiger partial charge on any atom is -0.493 e. The predicted molar refractivity (Wildman–Crippen MR) is 97.6 cm³/mol. The van der Waals surface area contributed by atoms with E-state index in [2.05, 4.69) is 9.46 Å². The molecule has 25 heavy (non-hydrogen) atoms. The number of ether oxygens (including phenoxy) is 2. The lowest BCUT2D eigenvalue weighted by Crippen LogP contribution is -2.13. The van der Waals surface area contributed by atoms with Gasteiger partial charge in [-0.1, -0.05) is 6.07 Å². The normalized spacial score (nSPS) is 11.0. The maximum Gasteiger partial charge on any atom is 0.308 e. The van der Waals surface area contributed by atoms with Crippen molar-refractivity contribution < 1.29 is 22.7 Å². The highest BCUT2D eigenvalue weighted by molar-refractivity contribution is 7.98. The first-order valence-corrected chi connectivity index (χ1v) is 10.1. The maximum absolute atomic E-state index is 12.4. The van der Waals surface area contributed by atoms with Gasteiger partial charge in [-0.05, 0) is 48.7 Å². The zero-order valence-corrected chi connectivity index (χ0v) is 15.5. The monoisotopic (exact) mass is 381 g/mol. The van der Waals surface area contributed by atoms with E-state index in [0.717, 1.165) is 4.90 Å². The number of carbonyl (C=O) groups is 1. The number of anilines is 1. The van der Waals surface area contributed by atoms with Crippen LogP contribution in [0.4, 0.5) is 5.69 Å². The average Bonchev–Trinajstić information content (AvgIpc) is 2.61. The van der Waals surface area contributed by atoms with Gasteiger partial charge in [-0.25, -0.2) is 8.42 Å². The van der Waals surface area contributed by atoms with Gasteiger partial charge in [0.2, 0.25) is 0 Å². The van der Waals surface area contributed by atoms with E-state index in [4.69, 9.17) is 4.74 Å². The lowest BCUT2D eigenvalue weighted by Gasteiger charge is -2.10. The van der Waals surface area contributed by atoms with Crippen LogP contribution in [-0.2, 0) is 19.6 Å². The minimum atomic E-state index is -3.68. The molecule has 1 N–H and O–H groups in total. The van der Waals surface area contributed by atoms with Crippen molar-refractivity contribution in [1.82, 2.24) is 0 Å². The van der Waals surface area contributed by atoms with Crippen LogP contribution in [0.15, 0.2) is 58.3 Å². The van der Waals surface area contributed by atoms with E-state index in [1.54, 1.807) is 30.3 Å². The lowest BCUT2D eigenvalue weighted by molar-refractivity contribution is -0.141. The third-order valence-corrected chi connectivity index (χ3v) is 5.38. The Bertz CT molecular complexity index is 819. The van der Waals surface area contributed by atoms with Crippen molar-refractivity contribution in [2.24, 2.45) is 0 Å². The van der Waals surface area contributed by atoms with Crippen molar-refractivity contribution in [1.29, 1.82) is 0 Å². The van der Waals surface area contributed by atoms with Crippen LogP contribution in [0.5, 0.6) is 5.75 Å². The number of carbonyl (C=O) groups excluding carboxylic acids is 1. The molecule has 2 aromatic carbocycles. The van der Waals surface area contributed by atoms with Gasteiger partial charge in [0.25, 0.3) is 10.0 Å². The third-order valence-electron chi connectivity index (χ3n) is 3.26. The molecule has 8 heteroatoms. The number of benzene rings is 2. The molecule has 0 radical (unpaired) electrons. The Morgan fingerprint density at radius 3 is 2.52 bits per heavy atom. The third kappa shape index (κ3) is 5.68. The number of rotatable bonds is 8. The van der Waals surface area contributed by atoms with Crippen LogP contribution in [-0.4, -0.2) is 34.4 Å². The number of esters is 1. The molecule has 2 aromatic rings. The fraction of sp³-hybridized carbons (Fsp3) is 0.235. The molecular weight excluding hydrogens is 362 g/mol. The SMILES string of the molecule is COC(=O)CCOc1ccc(S(=O)(=O)Nc2cccc(SC)c2)cc1. The van der Waals surface area contributed by atoms with Crippen LogP contribution >= 0.6 is 11.8 Å². The van der Waals surface area contributed by atoms with Crippen LogP contribution in [0.2, 0.25) is 0 Å². The molecule has 0 fully saturated rings. The number of methoxy groups -OCH3 is 1. The summed E-state index contributed by atoms with van der Waals surface area (Å²) in [6.45, 7) is 0.165. The number of hydrogen-bond donors (Lipinski definition) is 1. The average molecular weight is 381 g/mol. The second-order valence-corrected chi connectivity index (χ2v) is 7.55. The first kappa shape index (κ1) is 19.1. The summed E-state index contributed by atoms with van der Waals surface area (Å²) in [7, 11) is -2.37. The lowest BCUT2D eigenvalue weighted by atomic mass is 10.3. The molecule has 0 amide bonds. The molecule has 0 unspecified atom stereocenters. The number of sulfonamides is 1. The van der Waals surface area contributed by atoms with Crippen LogP contribution in [0.1, 0.15) is 6.42 Å². The van der Waals surface area contributed by atoms with Crippen molar-refractivity contribution in [3.05, 3.63) is 48.5 Å². The highest BCUT2D eigenvalue weighted by atomic mass is 32.2. The van der Waals surface area contributed by atoms with Gasteiger partial charge >= 0.3 is 5.97 Å². The van der Waals surface area contributed by atoms with Gasteiger partial charge in [-0.2, -0.15) is 0 Å². The summed E-state index contributed by atoms with van der Waals surface area (Å²) in [5.41, 5.74) is 0.505. The van der Waals surface area contributed by atoms with E-state index in [1.807, 2.05) is 12.3 Å². The molecule has 0 saturated carbocycles. The Labute approximate surface area is 151 Å². The summed E-state index contributed by atoms with van der Waals surface area (Å²) in [4.78, 5) is 12.1. The molecule has 134 valence electrons. The van der Waals surface area contributed by atoms with Crippen molar-refractivity contribution in [2.45, 2.75) is 16.2 Å². The summed E-state index contributed by atoms with van der Waals surface area (Å²) in [6, 6.07) is 13.2. The Morgan fingerprint density at radius 2 is 1.88 bits per heavy atom. The molecule has 0 atom stereocenters. The van der Waals surface area contributed by atoms with Crippen LogP contribution in [0.25, 0.3) is 0 Å². The Balaban J connectivity index is 2.03. The predicted octanol–water partition coefficient (Wildman–Crippen LogP) is 3.15. The van der Waals surface area contributed by atoms with E-state index < -0.39 is 10.0 Å². The van der Waals surface area contributed by atoms with Gasteiger partial charge in [0.1, 0.15) is 5.75 Å². The number of nitrogens with one attached hydrogen (secondary N) is 1. The molecule has 0 heterocycles. The quantitative estimate of drug-likeness (QED) is 0.559. The summed E-state index contributed by atoms with van der Waals surface area (Å²) in [6.07, 6.45) is 2.05. The van der Waals surface area contributed by atoms with E-state index >= 15 is 0 Å². The summed E-state index contributed by atoms with van der Waals surface area (Å²) in [5.74, 6) is 0.114. The summed E-state index contributed by atoms with van der Waals surface area (Å²) < 4.78 is 37.3. The molecule has 0 spiro atoms. The zero-order valence-electron chi connectivity index (χ0n) is 13.9. The fourth-order valence-electron chi connectivity index (χ4n) is 1.97. The van der Waals surface area contributed by atoms with Gasteiger partial charge in [0.15, 0.2) is 0 Å². The van der Waals surface area contributed by atoms with Gasteiger partial charge < -0.3 is 9.47 Å². The van der Waals surface area contributed by atoms with Gasteiger partial charge in [0, 0.05) is 10.6 Å². The van der Waals surface area contributed by atoms with Crippen molar-refractivity contribution in [3.63, 3.8) is 0 Å². The first-order valence-electron chi connectivity index (χ1n) is 7.41. The van der Waals surface area contributed by atoms with Crippen molar-refractivity contribution in [2.75, 3.05) is 24.7 Å². The molecule has 0 aromatic heterocycles. The minimum absolute atomic E-state index is 0.127. The second-order valence-electron chi connectivity index (χ2n) is 4.98. The van der Waals surface area contributed by atoms with Gasteiger partial charge in [0.05, 0.1) is 25.0 Å². The Morgan fingerprint density at radius 1 is 1.16 bits per heavy atom. The number of hydrogen-bond acceptors (Lipinski definition) is 6. The molecule has 0 aliphatic carbocycles. The molecule has 0 aliphatic rings. The van der Waals surface area contributed by atoms with E-state index in [-0.39, 0.29) is 23.9 Å². The van der Waals surface area contributed by atoms with Gasteiger partial charge in [-0.15, -0.1) is 11.8 Å². The van der Waals surface area contributed by atoms with E-state index in [9.17, 15) is 13.2 Å². The van der Waals surface area contributed by atoms with E-state index in [0.29, 0.717) is 11.4 Å². The van der Waals surface area contributed by atoms with E-state index in [1.165, 1.54) is 31.0 Å². The largest absolute Gasteiger partial charge is 0.493 e. The van der Waals surface area contributed by atoms with Crippen molar-refractivity contribution >= 4 is 33.4 Å². The first-order chi connectivity index (χ1) is 11.9. The molecular formula is C17H19NO5S2. The smallest absolute Gasteiger partial charge is 0.308 e. The topological polar surface area (TPSA) is 81.7 Å². The van der Waals surface area contributed by atoms with Crippen molar-refractivity contribution in [3.8, 4) is 5.75 Å². The Hall–Kier alpha value is -2.19. The highest BCUT2D eigenvalue weighted by Crippen LogP contribution is 2.23. The van der Waals surface area contributed by atoms with Crippen LogP contribution in [0.3, 0.4) is 0 Å². The maximum atomic E-state index is 12.4. The Kier molecular flexibility index (Phi) is 6.72. The summed E-state index contributed by atoms with van der Waals surface area (Å²) >= 11 is 1.53. The summed E-state index contributed by atoms with van der Waals surface area (Å²) in [5, 5.41) is 0. The standard InChI is InChI=1S/C17H19NO5S2/c1-22-17(19)10-11-23-14-6-8-16(9-7-14)25(20,21)18-13-4-3-5-15(12-13)24-2/h3-9,12,18H,10-11H2,1-2H3. The van der Waals surface area contributed by atoms with Crippen LogP contribution < -0.4 is 9.46 Å². The van der Waals surface area contributed by atoms with Crippen LogP contribution in [0, 0.1) is 0 Å². The van der Waals surface area contributed by atoms with Gasteiger partial charge in [-0.3, -0.25) is 9.52 Å². The second kappa shape index (κ2) is 8.77. The molecule has 0 saturated heterocycles. The molecule has 2 rings (SSSR count). The number of thioether (sulfide) groups is 1. The molecule has 6 nitrogen and oxygen atoms in total. The molecule has 0 bridgehead atoms. The fourth-order valence-corrected chi connectivity index (χ4v) is 3.48. The highest BCUT2D eigenvalue weighted by Gasteiger charge is 2.14. The molecule has 0 aliphatic heterocycles.